The number of hydrogen-bond donors (Lipinski definition) is 2. The van der Waals surface area contributed by atoms with Gasteiger partial charge in [0.15, 0.2) is 0 Å². The number of nitrogens with two attached hydrogens (primary N) is 1. The first-order valence-corrected chi connectivity index (χ1v) is 4.04. The molecule has 0 atom stereocenters. The maximum Gasteiger partial charge on any atom is 0.149 e. The van der Waals surface area contributed by atoms with Crippen LogP contribution < -0.4 is 5.73 Å². The summed E-state index contributed by atoms with van der Waals surface area (Å²) in [5.41, 5.74) is 5.26. The zero-order valence-corrected chi connectivity index (χ0v) is 7.40. The second kappa shape index (κ2) is 3.71. The lowest BCUT2D eigenvalue weighted by atomic mass is 10.3. The molecule has 0 heterocycles. The van der Waals surface area contributed by atoms with E-state index < -0.39 is 0 Å². The van der Waals surface area contributed by atoms with E-state index in [0.29, 0.717) is 5.75 Å². The fraction of sp³-hybridized carbons (Fsp3) is 0.833. The van der Waals surface area contributed by atoms with E-state index in [0.717, 1.165) is 0 Å². The van der Waals surface area contributed by atoms with Crippen LogP contribution in [-0.2, 0) is 0 Å². The average Bonchev–Trinajstić information content (AvgIpc) is 1.81. The van der Waals surface area contributed by atoms with Gasteiger partial charge in [0.05, 0.1) is 5.75 Å². The van der Waals surface area contributed by atoms with Crippen molar-refractivity contribution in [1.82, 2.24) is 0 Å². The van der Waals surface area contributed by atoms with Gasteiger partial charge < -0.3 is 10.9 Å². The lowest BCUT2D eigenvalue weighted by Crippen LogP contribution is -2.19. The monoisotopic (exact) mass is 162 g/mol. The first-order chi connectivity index (χ1) is 4.45. The SMILES string of the molecule is CC(C)(C)SC/C(N)=N/O. The Labute approximate surface area is 65.7 Å². The highest BCUT2D eigenvalue weighted by Gasteiger charge is 2.10. The van der Waals surface area contributed by atoms with Gasteiger partial charge in [0, 0.05) is 4.75 Å². The molecule has 0 amide bonds. The van der Waals surface area contributed by atoms with E-state index in [2.05, 4.69) is 25.9 Å². The van der Waals surface area contributed by atoms with Crippen LogP contribution in [0.1, 0.15) is 20.8 Å². The zero-order valence-electron chi connectivity index (χ0n) is 6.59. The van der Waals surface area contributed by atoms with Crippen LogP contribution in [0.4, 0.5) is 0 Å². The highest BCUT2D eigenvalue weighted by molar-refractivity contribution is 8.01. The quantitative estimate of drug-likeness (QED) is 0.278. The largest absolute Gasteiger partial charge is 0.409 e. The number of hydrogen-bond acceptors (Lipinski definition) is 3. The molecule has 0 saturated heterocycles. The van der Waals surface area contributed by atoms with Crippen molar-refractivity contribution in [1.29, 1.82) is 0 Å². The van der Waals surface area contributed by atoms with Crippen molar-refractivity contribution in [2.24, 2.45) is 10.9 Å². The smallest absolute Gasteiger partial charge is 0.149 e. The van der Waals surface area contributed by atoms with E-state index in [4.69, 9.17) is 10.9 Å². The molecule has 0 unspecified atom stereocenters. The van der Waals surface area contributed by atoms with Gasteiger partial charge in [-0.2, -0.15) is 0 Å². The van der Waals surface area contributed by atoms with Gasteiger partial charge in [0.2, 0.25) is 0 Å². The van der Waals surface area contributed by atoms with Gasteiger partial charge in [0.25, 0.3) is 0 Å². The lowest BCUT2D eigenvalue weighted by molar-refractivity contribution is 0.318. The summed E-state index contributed by atoms with van der Waals surface area (Å²) in [5.74, 6) is 0.861. The Kier molecular flexibility index (Phi) is 3.57. The fourth-order valence-corrected chi connectivity index (χ4v) is 0.958. The van der Waals surface area contributed by atoms with E-state index >= 15 is 0 Å². The lowest BCUT2D eigenvalue weighted by Gasteiger charge is -2.16. The maximum absolute atomic E-state index is 8.18. The van der Waals surface area contributed by atoms with Gasteiger partial charge in [-0.1, -0.05) is 25.9 Å². The molecule has 3 nitrogen and oxygen atoms in total. The average molecular weight is 162 g/mol. The molecule has 0 aliphatic rings. The van der Waals surface area contributed by atoms with Gasteiger partial charge in [-0.15, -0.1) is 11.8 Å². The van der Waals surface area contributed by atoms with E-state index in [-0.39, 0.29) is 10.6 Å². The number of thioether (sulfide) groups is 1. The molecule has 3 N–H and O–H groups in total. The van der Waals surface area contributed by atoms with Gasteiger partial charge in [0.1, 0.15) is 5.84 Å². The van der Waals surface area contributed by atoms with Crippen LogP contribution in [0.15, 0.2) is 5.16 Å². The van der Waals surface area contributed by atoms with Gasteiger partial charge >= 0.3 is 0 Å². The van der Waals surface area contributed by atoms with Crippen molar-refractivity contribution in [2.45, 2.75) is 25.5 Å². The fourth-order valence-electron chi connectivity index (χ4n) is 0.319. The summed E-state index contributed by atoms with van der Waals surface area (Å²) in [5, 5.41) is 11.0. The predicted octanol–water partition coefficient (Wildman–Crippen LogP) is 1.26. The van der Waals surface area contributed by atoms with Gasteiger partial charge in [-0.05, 0) is 0 Å². The summed E-state index contributed by atoms with van der Waals surface area (Å²) < 4.78 is 0.176. The predicted molar refractivity (Wildman–Crippen MR) is 45.6 cm³/mol. The van der Waals surface area contributed by atoms with Crippen LogP contribution in [0.3, 0.4) is 0 Å². The molecule has 0 rings (SSSR count). The Morgan fingerprint density at radius 3 is 2.40 bits per heavy atom. The van der Waals surface area contributed by atoms with Crippen molar-refractivity contribution in [2.75, 3.05) is 5.75 Å². The molecule has 60 valence electrons. The number of amidine groups is 1. The highest BCUT2D eigenvalue weighted by Crippen LogP contribution is 2.22. The third kappa shape index (κ3) is 5.75. The Balaban J connectivity index is 3.56. The summed E-state index contributed by atoms with van der Waals surface area (Å²) in [6.45, 7) is 6.26. The van der Waals surface area contributed by atoms with Crippen LogP contribution in [0, 0.1) is 0 Å². The Morgan fingerprint density at radius 2 is 2.10 bits per heavy atom. The molecule has 4 heteroatoms. The molecule has 0 aliphatic heterocycles. The molecule has 0 aliphatic carbocycles. The van der Waals surface area contributed by atoms with Crippen LogP contribution in [0.25, 0.3) is 0 Å². The van der Waals surface area contributed by atoms with E-state index in [9.17, 15) is 0 Å². The van der Waals surface area contributed by atoms with Crippen molar-refractivity contribution >= 4 is 17.6 Å². The van der Waals surface area contributed by atoms with Crippen LogP contribution in [-0.4, -0.2) is 21.5 Å². The van der Waals surface area contributed by atoms with Gasteiger partial charge in [-0.3, -0.25) is 0 Å². The molecule has 0 fully saturated rings. The molecule has 0 saturated carbocycles. The Hall–Kier alpha value is -0.380. The first-order valence-electron chi connectivity index (χ1n) is 3.06. The molecule has 0 bridgehead atoms. The minimum absolute atomic E-state index is 0.176. The van der Waals surface area contributed by atoms with E-state index in [1.165, 1.54) is 0 Å². The van der Waals surface area contributed by atoms with Gasteiger partial charge in [-0.25, -0.2) is 0 Å². The normalized spacial score (nSPS) is 13.7. The molecule has 0 radical (unpaired) electrons. The highest BCUT2D eigenvalue weighted by atomic mass is 32.2. The minimum atomic E-state index is 0.176. The van der Waals surface area contributed by atoms with Crippen LogP contribution in [0.5, 0.6) is 0 Å². The van der Waals surface area contributed by atoms with Crippen molar-refractivity contribution in [3.05, 3.63) is 0 Å². The van der Waals surface area contributed by atoms with Crippen LogP contribution in [0.2, 0.25) is 0 Å². The standard InChI is InChI=1S/C6H14N2OS/c1-6(2,3)10-4-5(7)8-9/h9H,4H2,1-3H3,(H2,7,8). The molecule has 10 heavy (non-hydrogen) atoms. The van der Waals surface area contributed by atoms with Crippen molar-refractivity contribution in [3.8, 4) is 0 Å². The minimum Gasteiger partial charge on any atom is -0.409 e. The summed E-state index contributed by atoms with van der Waals surface area (Å²) >= 11 is 1.65. The summed E-state index contributed by atoms with van der Waals surface area (Å²) in [7, 11) is 0. The molecular formula is C6H14N2OS. The van der Waals surface area contributed by atoms with E-state index in [1.807, 2.05) is 0 Å². The summed E-state index contributed by atoms with van der Waals surface area (Å²) in [6.07, 6.45) is 0. The van der Waals surface area contributed by atoms with Crippen molar-refractivity contribution < 1.29 is 5.21 Å². The topological polar surface area (TPSA) is 58.6 Å². The summed E-state index contributed by atoms with van der Waals surface area (Å²) in [6, 6.07) is 0. The zero-order chi connectivity index (χ0) is 8.20. The number of nitrogens with zero attached hydrogens (tertiary/aromatic N) is 1. The molecular weight excluding hydrogens is 148 g/mol. The molecule has 0 aromatic carbocycles. The second-order valence-corrected chi connectivity index (χ2v) is 4.79. The third-order valence-electron chi connectivity index (χ3n) is 0.782. The number of oxime groups is 1. The Morgan fingerprint density at radius 1 is 1.60 bits per heavy atom. The summed E-state index contributed by atoms with van der Waals surface area (Å²) in [4.78, 5) is 0. The molecule has 0 aromatic rings. The molecule has 0 spiro atoms. The third-order valence-corrected chi connectivity index (χ3v) is 2.09. The van der Waals surface area contributed by atoms with Crippen molar-refractivity contribution in [3.63, 3.8) is 0 Å². The first kappa shape index (κ1) is 9.62. The number of rotatable bonds is 2. The molecule has 0 aromatic heterocycles. The maximum atomic E-state index is 8.18. The second-order valence-electron chi connectivity index (χ2n) is 2.99. The van der Waals surface area contributed by atoms with E-state index in [1.54, 1.807) is 11.8 Å². The van der Waals surface area contributed by atoms with Crippen LogP contribution >= 0.6 is 11.8 Å². The Bertz CT molecular complexity index is 128.